The molecular formula is C18H18Cl2N8S. The van der Waals surface area contributed by atoms with Crippen molar-refractivity contribution in [3.63, 3.8) is 0 Å². The van der Waals surface area contributed by atoms with Crippen LogP contribution in [0.25, 0.3) is 11.2 Å². The molecule has 0 aliphatic heterocycles. The van der Waals surface area contributed by atoms with E-state index in [1.807, 2.05) is 34.3 Å². The van der Waals surface area contributed by atoms with Gasteiger partial charge in [0.1, 0.15) is 5.03 Å². The maximum Gasteiger partial charge on any atom is 0.255 e. The van der Waals surface area contributed by atoms with Crippen molar-refractivity contribution in [1.29, 1.82) is 0 Å². The van der Waals surface area contributed by atoms with Gasteiger partial charge in [0.2, 0.25) is 0 Å². The molecule has 29 heavy (non-hydrogen) atoms. The van der Waals surface area contributed by atoms with Gasteiger partial charge in [-0.2, -0.15) is 9.97 Å². The average molecular weight is 449 g/mol. The summed E-state index contributed by atoms with van der Waals surface area (Å²) in [4.78, 5) is 31.0. The zero-order valence-corrected chi connectivity index (χ0v) is 18.5. The predicted octanol–water partition coefficient (Wildman–Crippen LogP) is 4.32. The Morgan fingerprint density at radius 3 is 2.34 bits per heavy atom. The van der Waals surface area contributed by atoms with Gasteiger partial charge in [0.15, 0.2) is 17.0 Å². The van der Waals surface area contributed by atoms with Crippen LogP contribution in [-0.4, -0.2) is 70.6 Å². The number of rotatable bonds is 6. The molecule has 11 heteroatoms. The van der Waals surface area contributed by atoms with Crippen molar-refractivity contribution < 1.29 is 0 Å². The zero-order chi connectivity index (χ0) is 21.0. The van der Waals surface area contributed by atoms with Gasteiger partial charge in [-0.05, 0) is 18.2 Å². The minimum Gasteiger partial charge on any atom is -0.369 e. The summed E-state index contributed by atoms with van der Waals surface area (Å²) < 4.78 is 0. The molecule has 2 heterocycles. The molecule has 0 amide bonds. The Kier molecular flexibility index (Phi) is 6.83. The summed E-state index contributed by atoms with van der Waals surface area (Å²) in [5.74, 6) is 0.648. The molecule has 0 spiro atoms. The Balaban J connectivity index is 2.03. The summed E-state index contributed by atoms with van der Waals surface area (Å²) in [5, 5.41) is 1.64. The van der Waals surface area contributed by atoms with Crippen molar-refractivity contribution in [1.82, 2.24) is 29.7 Å². The van der Waals surface area contributed by atoms with Gasteiger partial charge in [0.05, 0.1) is 28.9 Å². The third-order valence-corrected chi connectivity index (χ3v) is 4.92. The van der Waals surface area contributed by atoms with Gasteiger partial charge < -0.3 is 9.80 Å². The normalized spacial score (nSPS) is 11.7. The number of fused-ring (bicyclic) bond motifs is 1. The van der Waals surface area contributed by atoms with Crippen LogP contribution < -0.4 is 0 Å². The Labute approximate surface area is 182 Å². The molecule has 0 radical (unpaired) electrons. The Morgan fingerprint density at radius 2 is 1.66 bits per heavy atom. The minimum atomic E-state index is 0.260. The topological polar surface area (TPSA) is 82.8 Å². The number of nitrogens with zero attached hydrogens (tertiary/aromatic N) is 8. The van der Waals surface area contributed by atoms with Crippen LogP contribution in [-0.2, 0) is 0 Å². The van der Waals surface area contributed by atoms with Gasteiger partial charge >= 0.3 is 0 Å². The fourth-order valence-electron chi connectivity index (χ4n) is 2.06. The highest BCUT2D eigenvalue weighted by molar-refractivity contribution is 7.99. The van der Waals surface area contributed by atoms with Crippen molar-refractivity contribution in [3.05, 3.63) is 34.4 Å². The van der Waals surface area contributed by atoms with Gasteiger partial charge in [-0.3, -0.25) is 0 Å². The molecule has 0 saturated carbocycles. The molecule has 3 aromatic rings. The number of aromatic nitrogens is 4. The first-order chi connectivity index (χ1) is 13.8. The predicted molar refractivity (Wildman–Crippen MR) is 119 cm³/mol. The second-order valence-electron chi connectivity index (χ2n) is 6.32. The van der Waals surface area contributed by atoms with Crippen LogP contribution in [0.3, 0.4) is 0 Å². The third-order valence-electron chi connectivity index (χ3n) is 3.28. The van der Waals surface area contributed by atoms with Crippen LogP contribution in [0.15, 0.2) is 44.3 Å². The molecule has 0 unspecified atom stereocenters. The molecular weight excluding hydrogens is 431 g/mol. The smallest absolute Gasteiger partial charge is 0.255 e. The molecule has 0 aliphatic rings. The zero-order valence-electron chi connectivity index (χ0n) is 16.2. The summed E-state index contributed by atoms with van der Waals surface area (Å²) in [7, 11) is 7.47. The fraction of sp³-hybridized carbons (Fsp3) is 0.222. The number of hydrogen-bond acceptors (Lipinski definition) is 7. The summed E-state index contributed by atoms with van der Waals surface area (Å²) in [5.41, 5.74) is 0.896. The molecule has 1 aromatic carbocycles. The monoisotopic (exact) mass is 448 g/mol. The molecule has 0 saturated heterocycles. The van der Waals surface area contributed by atoms with Crippen LogP contribution in [0, 0.1) is 0 Å². The largest absolute Gasteiger partial charge is 0.369 e. The van der Waals surface area contributed by atoms with Crippen LogP contribution in [0.2, 0.25) is 10.0 Å². The van der Waals surface area contributed by atoms with E-state index >= 15 is 0 Å². The van der Waals surface area contributed by atoms with Gasteiger partial charge in [-0.25, -0.2) is 20.0 Å². The number of halogens is 2. The molecule has 3 rings (SSSR count). The van der Waals surface area contributed by atoms with E-state index in [1.165, 1.54) is 11.8 Å². The van der Waals surface area contributed by atoms with E-state index in [0.717, 1.165) is 4.90 Å². The summed E-state index contributed by atoms with van der Waals surface area (Å²) in [6, 6.07) is 5.39. The Bertz CT molecular complexity index is 1080. The highest BCUT2D eigenvalue weighted by Crippen LogP contribution is 2.33. The van der Waals surface area contributed by atoms with E-state index < -0.39 is 0 Å². The lowest BCUT2D eigenvalue weighted by molar-refractivity contribution is 0.642. The molecule has 0 N–H and O–H groups in total. The van der Waals surface area contributed by atoms with E-state index in [4.69, 9.17) is 23.2 Å². The SMILES string of the molecule is CN(C)C=Nc1nc(N=CN(C)C)c2nc(Sc3ccc(Cl)c(Cl)c3)cnc2n1. The molecule has 8 nitrogen and oxygen atoms in total. The van der Waals surface area contributed by atoms with E-state index in [-0.39, 0.29) is 5.95 Å². The second-order valence-corrected chi connectivity index (χ2v) is 8.23. The van der Waals surface area contributed by atoms with Gasteiger partial charge in [0, 0.05) is 33.1 Å². The van der Waals surface area contributed by atoms with Crippen molar-refractivity contribution in [2.75, 3.05) is 28.2 Å². The molecule has 150 valence electrons. The molecule has 0 atom stereocenters. The first kappa shape index (κ1) is 21.2. The van der Waals surface area contributed by atoms with E-state index in [0.29, 0.717) is 32.1 Å². The van der Waals surface area contributed by atoms with Crippen LogP contribution in [0.1, 0.15) is 0 Å². The summed E-state index contributed by atoms with van der Waals surface area (Å²) in [6.45, 7) is 0. The Morgan fingerprint density at radius 1 is 0.931 bits per heavy atom. The number of hydrogen-bond donors (Lipinski definition) is 0. The summed E-state index contributed by atoms with van der Waals surface area (Å²) >= 11 is 13.5. The maximum atomic E-state index is 6.10. The van der Waals surface area contributed by atoms with Crippen molar-refractivity contribution >= 4 is 70.6 Å². The van der Waals surface area contributed by atoms with E-state index in [2.05, 4.69) is 29.9 Å². The van der Waals surface area contributed by atoms with E-state index in [1.54, 1.807) is 40.8 Å². The van der Waals surface area contributed by atoms with Gasteiger partial charge in [-0.15, -0.1) is 0 Å². The van der Waals surface area contributed by atoms with Crippen LogP contribution in [0.5, 0.6) is 0 Å². The molecule has 0 fully saturated rings. The fourth-order valence-corrected chi connectivity index (χ4v) is 3.22. The van der Waals surface area contributed by atoms with Crippen molar-refractivity contribution in [2.45, 2.75) is 9.92 Å². The van der Waals surface area contributed by atoms with Gasteiger partial charge in [-0.1, -0.05) is 35.0 Å². The van der Waals surface area contributed by atoms with Crippen molar-refractivity contribution in [3.8, 4) is 0 Å². The standard InChI is InChI=1S/C18H18Cl2N8S/c1-27(2)9-22-17-15-16(25-18(26-17)23-10-28(3)4)21-8-14(24-15)29-11-5-6-12(19)13(20)7-11/h5-10H,1-4H3. The molecule has 0 bridgehead atoms. The number of benzene rings is 1. The lowest BCUT2D eigenvalue weighted by Gasteiger charge is -2.07. The highest BCUT2D eigenvalue weighted by Gasteiger charge is 2.12. The third kappa shape index (κ3) is 5.75. The lowest BCUT2D eigenvalue weighted by atomic mass is 10.4. The maximum absolute atomic E-state index is 6.10. The molecule has 2 aromatic heterocycles. The first-order valence-corrected chi connectivity index (χ1v) is 9.98. The van der Waals surface area contributed by atoms with Crippen LogP contribution >= 0.6 is 35.0 Å². The quantitative estimate of drug-likeness (QED) is 0.409. The highest BCUT2D eigenvalue weighted by atomic mass is 35.5. The first-order valence-electron chi connectivity index (χ1n) is 8.41. The van der Waals surface area contributed by atoms with Crippen molar-refractivity contribution in [2.24, 2.45) is 9.98 Å². The van der Waals surface area contributed by atoms with E-state index in [9.17, 15) is 0 Å². The van der Waals surface area contributed by atoms with Crippen LogP contribution in [0.4, 0.5) is 11.8 Å². The molecule has 0 aliphatic carbocycles. The average Bonchev–Trinajstić information content (AvgIpc) is 2.67. The minimum absolute atomic E-state index is 0.260. The Hall–Kier alpha value is -2.49. The van der Waals surface area contributed by atoms with Gasteiger partial charge in [0.25, 0.3) is 5.95 Å². The lowest BCUT2D eigenvalue weighted by Crippen LogP contribution is -2.08. The second kappa shape index (κ2) is 9.34. The number of aliphatic imine (C=N–C) groups is 2. The summed E-state index contributed by atoms with van der Waals surface area (Å²) in [6.07, 6.45) is 4.89.